The molecule has 0 unspecified atom stereocenters. The van der Waals surface area contributed by atoms with Crippen LogP contribution < -0.4 is 5.32 Å². The number of aromatic nitrogens is 2. The van der Waals surface area contributed by atoms with Gasteiger partial charge in [-0.3, -0.25) is 15.2 Å². The number of fused-ring (bicyclic) bond motifs is 1. The van der Waals surface area contributed by atoms with Gasteiger partial charge in [0.2, 0.25) is 0 Å². The summed E-state index contributed by atoms with van der Waals surface area (Å²) in [5.74, 6) is 5.91. The van der Waals surface area contributed by atoms with Gasteiger partial charge in [0.25, 0.3) is 5.69 Å². The minimum absolute atomic E-state index is 0.00738. The summed E-state index contributed by atoms with van der Waals surface area (Å²) in [6.07, 6.45) is 0.714. The van der Waals surface area contributed by atoms with E-state index in [4.69, 9.17) is 0 Å². The molecule has 0 atom stereocenters. The lowest BCUT2D eigenvalue weighted by atomic mass is 10.2. The Balaban J connectivity index is 2.39. The van der Waals surface area contributed by atoms with Crippen molar-refractivity contribution in [3.8, 4) is 11.8 Å². The number of non-ortho nitro benzene ring substituents is 1. The average molecular weight is 244 g/mol. The van der Waals surface area contributed by atoms with E-state index in [1.807, 2.05) is 7.05 Å². The summed E-state index contributed by atoms with van der Waals surface area (Å²) in [7, 11) is 1.86. The first kappa shape index (κ1) is 12.1. The van der Waals surface area contributed by atoms with Crippen molar-refractivity contribution in [1.82, 2.24) is 15.5 Å². The number of nitrogens with one attached hydrogen (secondary N) is 2. The van der Waals surface area contributed by atoms with Gasteiger partial charge in [0.1, 0.15) is 5.69 Å². The number of benzene rings is 1. The molecule has 2 rings (SSSR count). The van der Waals surface area contributed by atoms with Crippen LogP contribution in [0.5, 0.6) is 0 Å². The molecule has 6 heteroatoms. The Bertz CT molecular complexity index is 636. The lowest BCUT2D eigenvalue weighted by molar-refractivity contribution is -0.383. The molecule has 0 aliphatic rings. The van der Waals surface area contributed by atoms with Gasteiger partial charge >= 0.3 is 0 Å². The quantitative estimate of drug-likeness (QED) is 0.370. The standard InChI is InChI=1S/C12H12N4O2/c1-13-8-3-2-6-10-9-5-4-7-11(16(17)18)12(9)15-14-10/h4-5,7,13H,3,8H2,1H3,(H,14,15). The van der Waals surface area contributed by atoms with Crippen molar-refractivity contribution < 1.29 is 4.92 Å². The van der Waals surface area contributed by atoms with Gasteiger partial charge in [0.05, 0.1) is 4.92 Å². The Labute approximate surface area is 104 Å². The Morgan fingerprint density at radius 2 is 2.39 bits per heavy atom. The topological polar surface area (TPSA) is 83.8 Å². The number of hydrogen-bond donors (Lipinski definition) is 2. The van der Waals surface area contributed by atoms with Gasteiger partial charge in [0, 0.05) is 24.4 Å². The molecule has 0 bridgehead atoms. The molecule has 0 fully saturated rings. The second-order valence-corrected chi connectivity index (χ2v) is 3.68. The Morgan fingerprint density at radius 3 is 3.11 bits per heavy atom. The molecule has 1 heterocycles. The summed E-state index contributed by atoms with van der Waals surface area (Å²) in [5, 5.41) is 21.2. The predicted octanol–water partition coefficient (Wildman–Crippen LogP) is 1.43. The van der Waals surface area contributed by atoms with Crippen LogP contribution in [-0.2, 0) is 0 Å². The highest BCUT2D eigenvalue weighted by molar-refractivity contribution is 5.90. The van der Waals surface area contributed by atoms with E-state index in [1.54, 1.807) is 12.1 Å². The van der Waals surface area contributed by atoms with Crippen molar-refractivity contribution in [3.63, 3.8) is 0 Å². The van der Waals surface area contributed by atoms with E-state index in [0.29, 0.717) is 23.0 Å². The molecule has 2 aromatic rings. The van der Waals surface area contributed by atoms with Crippen LogP contribution in [0.2, 0.25) is 0 Å². The van der Waals surface area contributed by atoms with Crippen molar-refractivity contribution in [2.75, 3.05) is 13.6 Å². The third kappa shape index (κ3) is 2.31. The molecule has 0 aliphatic heterocycles. The molecule has 0 spiro atoms. The molecular formula is C12H12N4O2. The summed E-state index contributed by atoms with van der Waals surface area (Å²) < 4.78 is 0. The van der Waals surface area contributed by atoms with E-state index in [2.05, 4.69) is 27.4 Å². The van der Waals surface area contributed by atoms with Crippen molar-refractivity contribution >= 4 is 16.6 Å². The van der Waals surface area contributed by atoms with Crippen LogP contribution in [0.25, 0.3) is 10.9 Å². The largest absolute Gasteiger partial charge is 0.319 e. The van der Waals surface area contributed by atoms with Gasteiger partial charge < -0.3 is 5.32 Å². The van der Waals surface area contributed by atoms with Crippen LogP contribution in [0.15, 0.2) is 18.2 Å². The number of hydrogen-bond acceptors (Lipinski definition) is 4. The van der Waals surface area contributed by atoms with Gasteiger partial charge in [-0.15, -0.1) is 0 Å². The average Bonchev–Trinajstić information content (AvgIpc) is 2.77. The van der Waals surface area contributed by atoms with E-state index < -0.39 is 4.92 Å². The zero-order valence-corrected chi connectivity index (χ0v) is 9.86. The lowest BCUT2D eigenvalue weighted by Gasteiger charge is -1.91. The van der Waals surface area contributed by atoms with Crippen molar-refractivity contribution in [3.05, 3.63) is 34.0 Å². The first-order valence-electron chi connectivity index (χ1n) is 5.49. The molecule has 0 saturated heterocycles. The zero-order chi connectivity index (χ0) is 13.0. The van der Waals surface area contributed by atoms with E-state index >= 15 is 0 Å². The maximum absolute atomic E-state index is 10.8. The van der Waals surface area contributed by atoms with Gasteiger partial charge in [-0.05, 0) is 19.0 Å². The van der Waals surface area contributed by atoms with Gasteiger partial charge in [-0.2, -0.15) is 5.10 Å². The molecule has 0 aliphatic carbocycles. The third-order valence-electron chi connectivity index (χ3n) is 2.47. The maximum Gasteiger partial charge on any atom is 0.297 e. The number of nitrogens with zero attached hydrogens (tertiary/aromatic N) is 2. The minimum atomic E-state index is -0.443. The Morgan fingerprint density at radius 1 is 1.56 bits per heavy atom. The van der Waals surface area contributed by atoms with Crippen molar-refractivity contribution in [2.24, 2.45) is 0 Å². The smallest absolute Gasteiger partial charge is 0.297 e. The van der Waals surface area contributed by atoms with Crippen LogP contribution in [0.1, 0.15) is 12.1 Å². The molecule has 0 amide bonds. The van der Waals surface area contributed by atoms with E-state index in [1.165, 1.54) is 6.07 Å². The summed E-state index contributed by atoms with van der Waals surface area (Å²) >= 11 is 0. The number of aromatic amines is 1. The van der Waals surface area contributed by atoms with Gasteiger partial charge in [-0.1, -0.05) is 12.0 Å². The molecule has 1 aromatic heterocycles. The third-order valence-corrected chi connectivity index (χ3v) is 2.47. The van der Waals surface area contributed by atoms with Gasteiger partial charge in [-0.25, -0.2) is 0 Å². The second-order valence-electron chi connectivity index (χ2n) is 3.68. The van der Waals surface area contributed by atoms with Crippen molar-refractivity contribution in [2.45, 2.75) is 6.42 Å². The monoisotopic (exact) mass is 244 g/mol. The van der Waals surface area contributed by atoms with Crippen molar-refractivity contribution in [1.29, 1.82) is 0 Å². The fourth-order valence-corrected chi connectivity index (χ4v) is 1.60. The van der Waals surface area contributed by atoms with Crippen LogP contribution in [0, 0.1) is 22.0 Å². The lowest BCUT2D eigenvalue weighted by Crippen LogP contribution is -2.05. The fraction of sp³-hybridized carbons (Fsp3) is 0.250. The molecule has 1 aromatic carbocycles. The number of rotatable bonds is 3. The summed E-state index contributed by atoms with van der Waals surface area (Å²) in [5.41, 5.74) is 0.956. The zero-order valence-electron chi connectivity index (χ0n) is 9.86. The van der Waals surface area contributed by atoms with Crippen LogP contribution in [-0.4, -0.2) is 28.7 Å². The molecule has 18 heavy (non-hydrogen) atoms. The summed E-state index contributed by atoms with van der Waals surface area (Å²) in [6, 6.07) is 4.84. The van der Waals surface area contributed by atoms with E-state index in [-0.39, 0.29) is 5.69 Å². The highest BCUT2D eigenvalue weighted by atomic mass is 16.6. The Hall–Kier alpha value is -2.39. The summed E-state index contributed by atoms with van der Waals surface area (Å²) in [6.45, 7) is 0.805. The second kappa shape index (κ2) is 5.29. The SMILES string of the molecule is CNCCC#Cc1[nH]nc2c([N+](=O)[O-])cccc12. The van der Waals surface area contributed by atoms with E-state index in [9.17, 15) is 10.1 Å². The van der Waals surface area contributed by atoms with E-state index in [0.717, 1.165) is 6.54 Å². The number of H-pyrrole nitrogens is 1. The molecule has 0 saturated carbocycles. The fourth-order valence-electron chi connectivity index (χ4n) is 1.60. The van der Waals surface area contributed by atoms with Gasteiger partial charge in [0.15, 0.2) is 5.52 Å². The minimum Gasteiger partial charge on any atom is -0.319 e. The first-order valence-corrected chi connectivity index (χ1v) is 5.49. The molecule has 6 nitrogen and oxygen atoms in total. The molecule has 0 radical (unpaired) electrons. The normalized spacial score (nSPS) is 10.1. The number of para-hydroxylation sites is 1. The highest BCUT2D eigenvalue weighted by Gasteiger charge is 2.15. The van der Waals surface area contributed by atoms with Crippen LogP contribution >= 0.6 is 0 Å². The highest BCUT2D eigenvalue weighted by Crippen LogP contribution is 2.24. The number of nitro benzene ring substituents is 1. The van der Waals surface area contributed by atoms with Crippen LogP contribution in [0.3, 0.4) is 0 Å². The predicted molar refractivity (Wildman–Crippen MR) is 68.2 cm³/mol. The maximum atomic E-state index is 10.8. The first-order chi connectivity index (χ1) is 8.74. The molecule has 2 N–H and O–H groups in total. The summed E-state index contributed by atoms with van der Waals surface area (Å²) in [4.78, 5) is 10.4. The van der Waals surface area contributed by atoms with Crippen LogP contribution in [0.4, 0.5) is 5.69 Å². The number of nitro groups is 1. The molecule has 92 valence electrons. The molecular weight excluding hydrogens is 232 g/mol. The Kier molecular flexibility index (Phi) is 3.55.